The van der Waals surface area contributed by atoms with E-state index in [0.717, 1.165) is 32.1 Å². The van der Waals surface area contributed by atoms with Gasteiger partial charge in [-0.25, -0.2) is 18.0 Å². The van der Waals surface area contributed by atoms with E-state index in [1.165, 1.54) is 35.9 Å². The van der Waals surface area contributed by atoms with E-state index in [-0.39, 0.29) is 38.7 Å². The molecule has 14 heteroatoms. The Morgan fingerprint density at radius 3 is 2.25 bits per heavy atom. The van der Waals surface area contributed by atoms with Crippen LogP contribution in [-0.4, -0.2) is 61.9 Å². The lowest BCUT2D eigenvalue weighted by Gasteiger charge is -2.31. The van der Waals surface area contributed by atoms with Crippen molar-refractivity contribution in [3.8, 4) is 0 Å². The summed E-state index contributed by atoms with van der Waals surface area (Å²) in [6, 6.07) is 10.7. The van der Waals surface area contributed by atoms with E-state index in [1.807, 2.05) is 0 Å². The number of methoxy groups -OCH3 is 1. The van der Waals surface area contributed by atoms with Gasteiger partial charge in [0.05, 0.1) is 28.4 Å². The minimum Gasteiger partial charge on any atom is -0.467 e. The van der Waals surface area contributed by atoms with Gasteiger partial charge in [0.2, 0.25) is 10.0 Å². The minimum absolute atomic E-state index is 0.0372. The number of nitrogens with one attached hydrogen (secondary N) is 3. The van der Waals surface area contributed by atoms with Crippen LogP contribution >= 0.6 is 23.2 Å². The Kier molecular flexibility index (Phi) is 11.2. The molecule has 1 saturated carbocycles. The van der Waals surface area contributed by atoms with Crippen molar-refractivity contribution in [2.45, 2.75) is 55.5 Å². The molecule has 0 radical (unpaired) electrons. The fraction of sp³-hybridized carbons (Fsp3) is 0.333. The summed E-state index contributed by atoms with van der Waals surface area (Å²) in [6.07, 6.45) is 7.27. The number of hydrogen-bond donors (Lipinski definition) is 3. The van der Waals surface area contributed by atoms with Crippen LogP contribution in [0, 0.1) is 0 Å². The third-order valence-electron chi connectivity index (χ3n) is 7.40. The predicted molar refractivity (Wildman–Crippen MR) is 169 cm³/mol. The van der Waals surface area contributed by atoms with Gasteiger partial charge >= 0.3 is 12.0 Å². The van der Waals surface area contributed by atoms with E-state index in [4.69, 9.17) is 27.9 Å². The maximum Gasteiger partial charge on any atom is 0.328 e. The van der Waals surface area contributed by atoms with E-state index in [2.05, 4.69) is 20.9 Å². The number of aromatic nitrogens is 1. The molecular weight excluding hydrogens is 629 g/mol. The quantitative estimate of drug-likeness (QED) is 0.243. The monoisotopic (exact) mass is 661 g/mol. The number of urea groups is 1. The second-order valence-electron chi connectivity index (χ2n) is 10.3. The summed E-state index contributed by atoms with van der Waals surface area (Å²) in [6.45, 7) is 0. The molecule has 0 saturated heterocycles. The van der Waals surface area contributed by atoms with E-state index in [0.29, 0.717) is 11.3 Å². The molecule has 1 atom stereocenters. The van der Waals surface area contributed by atoms with E-state index in [9.17, 15) is 22.8 Å². The van der Waals surface area contributed by atoms with E-state index in [1.54, 1.807) is 43.4 Å². The number of esters is 1. The molecule has 0 spiro atoms. The summed E-state index contributed by atoms with van der Waals surface area (Å²) >= 11 is 12.1. The number of rotatable bonds is 10. The first-order valence-corrected chi connectivity index (χ1v) is 16.1. The first kappa shape index (κ1) is 33.2. The lowest BCUT2D eigenvalue weighted by molar-refractivity contribution is -0.142. The summed E-state index contributed by atoms with van der Waals surface area (Å²) < 4.78 is 33.3. The van der Waals surface area contributed by atoms with Gasteiger partial charge in [-0.3, -0.25) is 9.78 Å². The zero-order valence-corrected chi connectivity index (χ0v) is 26.5. The van der Waals surface area contributed by atoms with Crippen LogP contribution in [-0.2, 0) is 26.0 Å². The lowest BCUT2D eigenvalue weighted by atomic mass is 9.96. The van der Waals surface area contributed by atoms with Crippen molar-refractivity contribution < 1.29 is 27.5 Å². The van der Waals surface area contributed by atoms with Crippen molar-refractivity contribution in [2.75, 3.05) is 24.8 Å². The van der Waals surface area contributed by atoms with E-state index < -0.39 is 34.0 Å². The molecule has 0 bridgehead atoms. The Bertz CT molecular complexity index is 1590. The molecule has 3 N–H and O–H groups in total. The van der Waals surface area contributed by atoms with Gasteiger partial charge in [-0.05, 0) is 42.7 Å². The summed E-state index contributed by atoms with van der Waals surface area (Å²) in [7, 11) is -1.13. The molecule has 4 rings (SSSR count). The average molecular weight is 663 g/mol. The maximum absolute atomic E-state index is 13.5. The van der Waals surface area contributed by atoms with Gasteiger partial charge in [0.25, 0.3) is 5.91 Å². The number of ether oxygens (including phenoxy) is 1. The topological polar surface area (TPSA) is 147 Å². The fourth-order valence-electron chi connectivity index (χ4n) is 5.02. The van der Waals surface area contributed by atoms with Gasteiger partial charge < -0.3 is 20.7 Å². The molecule has 3 aromatic rings. The second kappa shape index (κ2) is 14.8. The minimum atomic E-state index is -3.90. The molecular formula is C30H33Cl2N5O6S. The zero-order valence-electron chi connectivity index (χ0n) is 24.2. The Hall–Kier alpha value is -3.71. The van der Waals surface area contributed by atoms with E-state index >= 15 is 0 Å². The Morgan fingerprint density at radius 1 is 0.977 bits per heavy atom. The number of para-hydroxylation sites is 1. The molecule has 44 heavy (non-hydrogen) atoms. The number of pyridine rings is 1. The molecule has 1 aliphatic rings. The van der Waals surface area contributed by atoms with Gasteiger partial charge in [-0.15, -0.1) is 0 Å². The van der Waals surface area contributed by atoms with Crippen LogP contribution < -0.4 is 16.0 Å². The molecule has 0 unspecified atom stereocenters. The molecule has 2 aromatic carbocycles. The number of carbonyl (C=O) groups excluding carboxylic acids is 3. The number of carbonyl (C=O) groups is 3. The highest BCUT2D eigenvalue weighted by molar-refractivity contribution is 7.89. The number of nitrogens with zero attached hydrogens (tertiary/aromatic N) is 2. The maximum atomic E-state index is 13.5. The van der Waals surface area contributed by atoms with Gasteiger partial charge in [-0.1, -0.05) is 66.7 Å². The van der Waals surface area contributed by atoms with Crippen LogP contribution in [0.2, 0.25) is 10.0 Å². The smallest absolute Gasteiger partial charge is 0.328 e. The van der Waals surface area contributed by atoms with Crippen LogP contribution in [0.25, 0.3) is 0 Å². The highest BCUT2D eigenvalue weighted by Gasteiger charge is 2.31. The third kappa shape index (κ3) is 8.06. The van der Waals surface area contributed by atoms with Crippen molar-refractivity contribution in [1.29, 1.82) is 0 Å². The number of halogens is 2. The van der Waals surface area contributed by atoms with Crippen LogP contribution in [0.3, 0.4) is 0 Å². The summed E-state index contributed by atoms with van der Waals surface area (Å²) in [4.78, 5) is 42.1. The third-order valence-corrected chi connectivity index (χ3v) is 9.95. The number of hydrogen-bond acceptors (Lipinski definition) is 7. The Morgan fingerprint density at radius 2 is 1.61 bits per heavy atom. The molecule has 0 aliphatic heterocycles. The Labute approximate surface area is 266 Å². The zero-order chi connectivity index (χ0) is 31.9. The normalized spacial score (nSPS) is 14.5. The predicted octanol–water partition coefficient (Wildman–Crippen LogP) is 5.50. The molecule has 11 nitrogen and oxygen atoms in total. The standard InChI is InChI=1S/C30H33Cl2N5O6S/c1-37(21-8-4-3-5-9-21)44(41,42)26-11-7-6-10-24(26)35-30(40)36-25(29(39)43-2)16-19-12-14-20(15-13-19)34-28(38)27-22(31)17-33-18-23(27)32/h6-7,10-15,17-18,21,25H,3-5,8-9,16H2,1-2H3,(H,34,38)(H2,35,36,40)/t25-/m0/s1. The molecule has 1 aliphatic carbocycles. The molecule has 1 aromatic heterocycles. The number of benzene rings is 2. The average Bonchev–Trinajstić information content (AvgIpc) is 3.01. The summed E-state index contributed by atoms with van der Waals surface area (Å²) in [5.41, 5.74) is 1.27. The first-order chi connectivity index (χ1) is 21.0. The van der Waals surface area contributed by atoms with Crippen LogP contribution in [0.15, 0.2) is 65.8 Å². The molecule has 234 valence electrons. The van der Waals surface area contributed by atoms with Gasteiger partial charge in [0.15, 0.2) is 0 Å². The first-order valence-electron chi connectivity index (χ1n) is 13.9. The van der Waals surface area contributed by atoms with Crippen LogP contribution in [0.4, 0.5) is 16.2 Å². The van der Waals surface area contributed by atoms with Crippen molar-refractivity contribution in [3.63, 3.8) is 0 Å². The van der Waals surface area contributed by atoms with Crippen LogP contribution in [0.5, 0.6) is 0 Å². The largest absolute Gasteiger partial charge is 0.467 e. The van der Waals surface area contributed by atoms with Gasteiger partial charge in [-0.2, -0.15) is 4.31 Å². The van der Waals surface area contributed by atoms with Gasteiger partial charge in [0.1, 0.15) is 10.9 Å². The molecule has 1 fully saturated rings. The van der Waals surface area contributed by atoms with Crippen molar-refractivity contribution >= 4 is 62.5 Å². The fourth-order valence-corrected chi connectivity index (χ4v) is 7.12. The highest BCUT2D eigenvalue weighted by Crippen LogP contribution is 2.30. The summed E-state index contributed by atoms with van der Waals surface area (Å²) in [5.74, 6) is -1.22. The lowest BCUT2D eigenvalue weighted by Crippen LogP contribution is -2.45. The highest BCUT2D eigenvalue weighted by atomic mass is 35.5. The van der Waals surface area contributed by atoms with Crippen molar-refractivity contribution in [1.82, 2.24) is 14.6 Å². The SMILES string of the molecule is COC(=O)[C@H](Cc1ccc(NC(=O)c2c(Cl)cncc2Cl)cc1)NC(=O)Nc1ccccc1S(=O)(=O)N(C)C1CCCCC1. The van der Waals surface area contributed by atoms with Gasteiger partial charge in [0, 0.05) is 37.6 Å². The molecule has 3 amide bonds. The van der Waals surface area contributed by atoms with Crippen molar-refractivity contribution in [3.05, 3.63) is 82.1 Å². The second-order valence-corrected chi connectivity index (χ2v) is 13.1. The number of amides is 3. The van der Waals surface area contributed by atoms with Crippen LogP contribution in [0.1, 0.15) is 48.0 Å². The van der Waals surface area contributed by atoms with Crippen molar-refractivity contribution in [2.24, 2.45) is 0 Å². The Balaban J connectivity index is 1.43. The number of anilines is 2. The molecule has 1 heterocycles. The number of sulfonamides is 1. The summed E-state index contributed by atoms with van der Waals surface area (Å²) in [5, 5.41) is 8.08.